The molecular weight excluding hydrogens is 287 g/mol. The van der Waals surface area contributed by atoms with Crippen molar-refractivity contribution in [3.05, 3.63) is 89.0 Å². The first kappa shape index (κ1) is 13.7. The third-order valence-corrected chi connectivity index (χ3v) is 6.06. The Labute approximate surface area is 132 Å². The summed E-state index contributed by atoms with van der Waals surface area (Å²) in [4.78, 5) is 0. The van der Waals surface area contributed by atoms with Crippen LogP contribution in [0.5, 0.6) is 0 Å². The summed E-state index contributed by atoms with van der Waals surface area (Å²) in [6, 6.07) is 18.8. The molecule has 0 heterocycles. The maximum absolute atomic E-state index is 12.5. The van der Waals surface area contributed by atoms with Gasteiger partial charge in [0.15, 0.2) is 8.46 Å². The number of hydrogen-bond acceptors (Lipinski definition) is 1. The van der Waals surface area contributed by atoms with Crippen LogP contribution >= 0.6 is 8.46 Å². The van der Waals surface area contributed by atoms with E-state index in [4.69, 9.17) is 0 Å². The van der Waals surface area contributed by atoms with Gasteiger partial charge < -0.3 is 0 Å². The van der Waals surface area contributed by atoms with Crippen molar-refractivity contribution in [2.24, 2.45) is 5.92 Å². The van der Waals surface area contributed by atoms with E-state index < -0.39 is 5.16 Å². The molecule has 0 saturated heterocycles. The molecular formula is C20H17OP. The molecule has 2 aromatic carbocycles. The van der Waals surface area contributed by atoms with Gasteiger partial charge >= 0.3 is 0 Å². The Balaban J connectivity index is 2.05. The Hall–Kier alpha value is -1.98. The van der Waals surface area contributed by atoms with E-state index >= 15 is 0 Å². The second-order valence-corrected chi connectivity index (χ2v) is 7.05. The first-order valence-corrected chi connectivity index (χ1v) is 8.46. The Morgan fingerprint density at radius 2 is 1.73 bits per heavy atom. The molecule has 0 fully saturated rings. The topological polar surface area (TPSA) is 17.1 Å². The molecule has 0 saturated carbocycles. The summed E-state index contributed by atoms with van der Waals surface area (Å²) >= 11 is 0. The zero-order valence-corrected chi connectivity index (χ0v) is 13.4. The van der Waals surface area contributed by atoms with E-state index in [2.05, 4.69) is 55.5 Å². The normalized spacial score (nSPS) is 26.1. The van der Waals surface area contributed by atoms with E-state index in [9.17, 15) is 4.57 Å². The van der Waals surface area contributed by atoms with Crippen molar-refractivity contribution in [1.29, 1.82) is 0 Å². The minimum Gasteiger partial charge on any atom is -0.274 e. The minimum absolute atomic E-state index is 0.177. The summed E-state index contributed by atoms with van der Waals surface area (Å²) in [7, 11) is 0.177. The van der Waals surface area contributed by atoms with Crippen molar-refractivity contribution in [3.8, 4) is 0 Å². The van der Waals surface area contributed by atoms with Crippen LogP contribution in [0.25, 0.3) is 5.57 Å². The fraction of sp³-hybridized carbons (Fsp3) is 0.200. The van der Waals surface area contributed by atoms with E-state index in [-0.39, 0.29) is 14.4 Å². The predicted octanol–water partition coefficient (Wildman–Crippen LogP) is 5.59. The molecule has 0 aliphatic heterocycles. The molecule has 0 aromatic heterocycles. The highest BCUT2D eigenvalue weighted by atomic mass is 31.1. The fourth-order valence-corrected chi connectivity index (χ4v) is 4.87. The molecule has 108 valence electrons. The van der Waals surface area contributed by atoms with Crippen LogP contribution in [0.1, 0.15) is 30.0 Å². The summed E-state index contributed by atoms with van der Waals surface area (Å²) in [5, 5.41) is -0.459. The predicted molar refractivity (Wildman–Crippen MR) is 91.1 cm³/mol. The highest BCUT2D eigenvalue weighted by molar-refractivity contribution is 7.26. The lowest BCUT2D eigenvalue weighted by Gasteiger charge is -2.32. The number of benzene rings is 2. The van der Waals surface area contributed by atoms with Gasteiger partial charge in [-0.25, -0.2) is 0 Å². The van der Waals surface area contributed by atoms with Crippen LogP contribution in [-0.4, -0.2) is 0 Å². The van der Waals surface area contributed by atoms with E-state index in [0.717, 1.165) is 12.0 Å². The third-order valence-electron chi connectivity index (χ3n) is 4.96. The lowest BCUT2D eigenvalue weighted by molar-refractivity contribution is 0.514. The minimum atomic E-state index is -0.459. The van der Waals surface area contributed by atoms with E-state index in [1.54, 1.807) is 0 Å². The van der Waals surface area contributed by atoms with Crippen LogP contribution in [-0.2, 0) is 9.72 Å². The van der Waals surface area contributed by atoms with Crippen LogP contribution in [0, 0.1) is 5.92 Å². The Morgan fingerprint density at radius 1 is 1.00 bits per heavy atom. The Morgan fingerprint density at radius 3 is 2.50 bits per heavy atom. The number of hydrogen-bond donors (Lipinski definition) is 0. The molecule has 0 N–H and O–H groups in total. The number of allylic oxidation sites excluding steroid dienone is 4. The summed E-state index contributed by atoms with van der Waals surface area (Å²) < 4.78 is 12.5. The molecule has 0 spiro atoms. The molecule has 0 amide bonds. The van der Waals surface area contributed by atoms with E-state index in [1.807, 2.05) is 18.2 Å². The van der Waals surface area contributed by atoms with Gasteiger partial charge in [0.25, 0.3) is 0 Å². The zero-order chi connectivity index (χ0) is 15.2. The van der Waals surface area contributed by atoms with Gasteiger partial charge in [0.1, 0.15) is 5.16 Å². The number of rotatable bonds is 2. The lowest BCUT2D eigenvalue weighted by atomic mass is 9.78. The maximum atomic E-state index is 12.5. The molecule has 2 atom stereocenters. The smallest absolute Gasteiger partial charge is 0.172 e. The summed E-state index contributed by atoms with van der Waals surface area (Å²) in [6.07, 6.45) is 5.38. The van der Waals surface area contributed by atoms with Crippen LogP contribution in [0.15, 0.2) is 72.3 Å². The van der Waals surface area contributed by atoms with Crippen molar-refractivity contribution >= 4 is 14.0 Å². The van der Waals surface area contributed by atoms with Gasteiger partial charge in [-0.2, -0.15) is 0 Å². The quantitative estimate of drug-likeness (QED) is 0.661. The van der Waals surface area contributed by atoms with Gasteiger partial charge in [-0.3, -0.25) is 4.57 Å². The van der Waals surface area contributed by atoms with Gasteiger partial charge in [-0.1, -0.05) is 72.3 Å². The molecule has 4 rings (SSSR count). The third kappa shape index (κ3) is 1.72. The first-order valence-electron chi connectivity index (χ1n) is 7.64. The Kier molecular flexibility index (Phi) is 3.13. The molecule has 2 aromatic rings. The van der Waals surface area contributed by atoms with Crippen LogP contribution in [0.4, 0.5) is 0 Å². The molecule has 0 bridgehead atoms. The lowest BCUT2D eigenvalue weighted by Crippen LogP contribution is -2.27. The van der Waals surface area contributed by atoms with Gasteiger partial charge in [0.05, 0.1) is 0 Å². The van der Waals surface area contributed by atoms with Crippen molar-refractivity contribution in [2.45, 2.75) is 18.5 Å². The van der Waals surface area contributed by atoms with Crippen LogP contribution < -0.4 is 0 Å². The zero-order valence-electron chi connectivity index (χ0n) is 12.5. The van der Waals surface area contributed by atoms with Gasteiger partial charge in [0.2, 0.25) is 0 Å². The molecule has 22 heavy (non-hydrogen) atoms. The van der Waals surface area contributed by atoms with Crippen LogP contribution in [0.3, 0.4) is 0 Å². The van der Waals surface area contributed by atoms with Gasteiger partial charge in [0, 0.05) is 5.92 Å². The Bertz CT molecular complexity index is 803. The fourth-order valence-electron chi connectivity index (χ4n) is 3.97. The van der Waals surface area contributed by atoms with Crippen molar-refractivity contribution in [3.63, 3.8) is 0 Å². The highest BCUT2D eigenvalue weighted by Gasteiger charge is 2.52. The average molecular weight is 304 g/mol. The SMILES string of the molecule is CC1=CC=C2c3ccccc3C(P=O)(c3ccccc3)C2C1. The van der Waals surface area contributed by atoms with Gasteiger partial charge in [-0.15, -0.1) is 0 Å². The average Bonchev–Trinajstić information content (AvgIpc) is 2.86. The standard InChI is InChI=1S/C20H17OP/c1-14-11-12-17-16-9-5-6-10-18(16)20(22-21,19(17)13-14)15-7-3-2-4-8-15/h2-12,19H,13H2,1H3. The summed E-state index contributed by atoms with van der Waals surface area (Å²) in [5.74, 6) is 0.247. The van der Waals surface area contributed by atoms with Crippen molar-refractivity contribution in [2.75, 3.05) is 0 Å². The molecule has 2 unspecified atom stereocenters. The second-order valence-electron chi connectivity index (χ2n) is 6.16. The highest BCUT2D eigenvalue weighted by Crippen LogP contribution is 2.61. The molecule has 2 heteroatoms. The van der Waals surface area contributed by atoms with Crippen molar-refractivity contribution in [1.82, 2.24) is 0 Å². The first-order chi connectivity index (χ1) is 10.8. The van der Waals surface area contributed by atoms with E-state index in [1.165, 1.54) is 22.3 Å². The second kappa shape index (κ2) is 5.04. The number of fused-ring (bicyclic) bond motifs is 3. The van der Waals surface area contributed by atoms with Gasteiger partial charge in [-0.05, 0) is 35.6 Å². The van der Waals surface area contributed by atoms with E-state index in [0.29, 0.717) is 0 Å². The molecule has 2 aliphatic rings. The maximum Gasteiger partial charge on any atom is 0.172 e. The van der Waals surface area contributed by atoms with Crippen molar-refractivity contribution < 1.29 is 4.57 Å². The summed E-state index contributed by atoms with van der Waals surface area (Å²) in [5.41, 5.74) is 6.27. The largest absolute Gasteiger partial charge is 0.274 e. The van der Waals surface area contributed by atoms with Crippen LogP contribution in [0.2, 0.25) is 0 Å². The molecule has 1 nitrogen and oxygen atoms in total. The summed E-state index contributed by atoms with van der Waals surface area (Å²) in [6.45, 7) is 2.16. The molecule has 2 aliphatic carbocycles. The monoisotopic (exact) mass is 304 g/mol. The molecule has 0 radical (unpaired) electrons.